The first kappa shape index (κ1) is 6.22. The molecule has 0 radical (unpaired) electrons. The average Bonchev–Trinajstić information content (AvgIpc) is 1.82. The van der Waals surface area contributed by atoms with Crippen molar-refractivity contribution in [3.05, 3.63) is 0 Å². The Morgan fingerprint density at radius 1 is 1.75 bits per heavy atom. The highest BCUT2D eigenvalue weighted by Gasteiger charge is 2.25. The van der Waals surface area contributed by atoms with Gasteiger partial charge in [-0.05, 0) is 6.26 Å². The standard InChI is InChI=1S/C4H9NO2S/c1-8-2-4(6,7)5-3-8/h3,5-7H,2H2,1H3. The van der Waals surface area contributed by atoms with Crippen LogP contribution in [0.4, 0.5) is 0 Å². The summed E-state index contributed by atoms with van der Waals surface area (Å²) in [5.74, 6) is -1.22. The van der Waals surface area contributed by atoms with Crippen molar-refractivity contribution in [2.45, 2.75) is 5.91 Å². The van der Waals surface area contributed by atoms with Gasteiger partial charge >= 0.3 is 0 Å². The van der Waals surface area contributed by atoms with Crippen LogP contribution < -0.4 is 5.32 Å². The average molecular weight is 135 g/mol. The van der Waals surface area contributed by atoms with E-state index in [-0.39, 0.29) is 10.5 Å². The van der Waals surface area contributed by atoms with E-state index < -0.39 is 5.91 Å². The predicted octanol–water partition coefficient (Wildman–Crippen LogP) is -1.11. The van der Waals surface area contributed by atoms with Crippen LogP contribution in [0, 0.1) is 0 Å². The van der Waals surface area contributed by atoms with Crippen molar-refractivity contribution in [2.75, 3.05) is 12.0 Å². The highest BCUT2D eigenvalue weighted by atomic mass is 32.2. The second-order valence-electron chi connectivity index (χ2n) is 1.91. The van der Waals surface area contributed by atoms with Gasteiger partial charge in [0, 0.05) is 5.49 Å². The first-order chi connectivity index (χ1) is 3.60. The van der Waals surface area contributed by atoms with Gasteiger partial charge in [0.1, 0.15) is 0 Å². The largest absolute Gasteiger partial charge is 0.353 e. The fourth-order valence-electron chi connectivity index (χ4n) is 0.596. The van der Waals surface area contributed by atoms with Crippen molar-refractivity contribution in [2.24, 2.45) is 0 Å². The molecular formula is C4H9NO2S. The predicted molar refractivity (Wildman–Crippen MR) is 34.8 cm³/mol. The van der Waals surface area contributed by atoms with Crippen LogP contribution in [0.2, 0.25) is 0 Å². The van der Waals surface area contributed by atoms with Gasteiger partial charge in [0.2, 0.25) is 5.91 Å². The van der Waals surface area contributed by atoms with Gasteiger partial charge in [0.25, 0.3) is 0 Å². The van der Waals surface area contributed by atoms with Gasteiger partial charge in [0.15, 0.2) is 0 Å². The number of rotatable bonds is 0. The number of hydrogen-bond donors (Lipinski definition) is 3. The van der Waals surface area contributed by atoms with Gasteiger partial charge in [-0.15, -0.1) is 0 Å². The Balaban J connectivity index is 2.55. The topological polar surface area (TPSA) is 52.5 Å². The molecule has 0 saturated carbocycles. The lowest BCUT2D eigenvalue weighted by atomic mass is 10.6. The molecule has 0 spiro atoms. The lowest BCUT2D eigenvalue weighted by molar-refractivity contribution is -0.148. The van der Waals surface area contributed by atoms with Crippen molar-refractivity contribution in [1.82, 2.24) is 5.32 Å². The Morgan fingerprint density at radius 3 is 2.50 bits per heavy atom. The summed E-state index contributed by atoms with van der Waals surface area (Å²) in [6, 6.07) is 0. The first-order valence-electron chi connectivity index (χ1n) is 2.27. The maximum absolute atomic E-state index is 8.78. The van der Waals surface area contributed by atoms with Crippen molar-refractivity contribution >= 4 is 16.0 Å². The fourth-order valence-corrected chi connectivity index (χ4v) is 1.79. The van der Waals surface area contributed by atoms with Gasteiger partial charge in [-0.2, -0.15) is 10.5 Å². The number of nitrogens with one attached hydrogen (secondary N) is 1. The summed E-state index contributed by atoms with van der Waals surface area (Å²) in [7, 11) is 0.0216. The van der Waals surface area contributed by atoms with Crippen molar-refractivity contribution in [3.63, 3.8) is 0 Å². The van der Waals surface area contributed by atoms with Crippen LogP contribution in [-0.4, -0.2) is 33.6 Å². The van der Waals surface area contributed by atoms with Crippen LogP contribution in [0.3, 0.4) is 0 Å². The number of hydrogen-bond acceptors (Lipinski definition) is 3. The van der Waals surface area contributed by atoms with Gasteiger partial charge in [-0.25, -0.2) is 5.32 Å². The van der Waals surface area contributed by atoms with Gasteiger partial charge < -0.3 is 10.2 Å². The molecular weight excluding hydrogens is 126 g/mol. The molecule has 0 fully saturated rings. The van der Waals surface area contributed by atoms with Crippen molar-refractivity contribution in [3.8, 4) is 0 Å². The highest BCUT2D eigenvalue weighted by Crippen LogP contribution is 2.16. The third-order valence-corrected chi connectivity index (χ3v) is 2.30. The Hall–Kier alpha value is 0.1000. The normalized spacial score (nSPS) is 34.6. The molecule has 0 aromatic heterocycles. The Labute approximate surface area is 50.3 Å². The molecule has 1 aliphatic rings. The second-order valence-corrected chi connectivity index (χ2v) is 3.82. The van der Waals surface area contributed by atoms with Gasteiger partial charge in [0.05, 0.1) is 5.75 Å². The molecule has 4 heteroatoms. The third kappa shape index (κ3) is 1.29. The SMILES string of the molecule is CS1=CNC(O)(O)C1. The fraction of sp³-hybridized carbons (Fsp3) is 0.750. The molecule has 0 aromatic rings. The minimum absolute atomic E-state index is 0.0216. The van der Waals surface area contributed by atoms with Gasteiger partial charge in [-0.3, -0.25) is 0 Å². The van der Waals surface area contributed by atoms with E-state index in [0.717, 1.165) is 0 Å². The summed E-state index contributed by atoms with van der Waals surface area (Å²) in [5.41, 5.74) is 1.71. The van der Waals surface area contributed by atoms with E-state index in [1.54, 1.807) is 5.49 Å². The molecule has 1 atom stereocenters. The molecule has 3 nitrogen and oxygen atoms in total. The van der Waals surface area contributed by atoms with Crippen molar-refractivity contribution < 1.29 is 10.2 Å². The molecule has 0 amide bonds. The van der Waals surface area contributed by atoms with Crippen molar-refractivity contribution in [1.29, 1.82) is 0 Å². The molecule has 0 aliphatic carbocycles. The summed E-state index contributed by atoms with van der Waals surface area (Å²) < 4.78 is 0. The quantitative estimate of drug-likeness (QED) is 0.291. The van der Waals surface area contributed by atoms with E-state index in [0.29, 0.717) is 5.75 Å². The summed E-state index contributed by atoms with van der Waals surface area (Å²) >= 11 is 0. The Kier molecular flexibility index (Phi) is 1.40. The Morgan fingerprint density at radius 2 is 2.38 bits per heavy atom. The maximum atomic E-state index is 8.78. The maximum Gasteiger partial charge on any atom is 0.235 e. The molecule has 0 bridgehead atoms. The summed E-state index contributed by atoms with van der Waals surface area (Å²) in [6.07, 6.45) is 1.95. The zero-order valence-corrected chi connectivity index (χ0v) is 5.40. The molecule has 8 heavy (non-hydrogen) atoms. The van der Waals surface area contributed by atoms with Crippen LogP contribution >= 0.6 is 10.5 Å². The van der Waals surface area contributed by atoms with Crippen LogP contribution in [0.5, 0.6) is 0 Å². The van der Waals surface area contributed by atoms with E-state index >= 15 is 0 Å². The van der Waals surface area contributed by atoms with E-state index in [9.17, 15) is 0 Å². The summed E-state index contributed by atoms with van der Waals surface area (Å²) in [6.45, 7) is 0. The second kappa shape index (κ2) is 1.80. The van der Waals surface area contributed by atoms with E-state index in [1.807, 2.05) is 6.26 Å². The smallest absolute Gasteiger partial charge is 0.235 e. The Bertz CT molecular complexity index is 132. The molecule has 1 unspecified atom stereocenters. The minimum Gasteiger partial charge on any atom is -0.353 e. The van der Waals surface area contributed by atoms with Crippen LogP contribution in [0.15, 0.2) is 0 Å². The molecule has 1 heterocycles. The molecule has 0 saturated heterocycles. The highest BCUT2D eigenvalue weighted by molar-refractivity contribution is 8.14. The molecule has 3 N–H and O–H groups in total. The summed E-state index contributed by atoms with van der Waals surface area (Å²) in [4.78, 5) is 0. The molecule has 48 valence electrons. The lowest BCUT2D eigenvalue weighted by Gasteiger charge is -2.12. The van der Waals surface area contributed by atoms with Gasteiger partial charge in [-0.1, -0.05) is 0 Å². The van der Waals surface area contributed by atoms with E-state index in [1.165, 1.54) is 0 Å². The third-order valence-electron chi connectivity index (χ3n) is 0.920. The first-order valence-corrected chi connectivity index (χ1v) is 4.14. The van der Waals surface area contributed by atoms with Crippen LogP contribution in [0.1, 0.15) is 0 Å². The van der Waals surface area contributed by atoms with Crippen LogP contribution in [0.25, 0.3) is 0 Å². The lowest BCUT2D eigenvalue weighted by Crippen LogP contribution is -2.42. The van der Waals surface area contributed by atoms with E-state index in [4.69, 9.17) is 10.2 Å². The molecule has 1 aliphatic heterocycles. The molecule has 1 rings (SSSR count). The zero-order chi connectivity index (χ0) is 6.20. The summed E-state index contributed by atoms with van der Waals surface area (Å²) in [5, 5.41) is 20.0. The van der Waals surface area contributed by atoms with Crippen LogP contribution in [-0.2, 0) is 0 Å². The molecule has 0 aromatic carbocycles. The monoisotopic (exact) mass is 135 g/mol. The zero-order valence-electron chi connectivity index (χ0n) is 4.59. The number of aliphatic hydroxyl groups is 2. The van der Waals surface area contributed by atoms with E-state index in [2.05, 4.69) is 5.32 Å². The minimum atomic E-state index is -1.63.